The Bertz CT molecular complexity index is 813. The van der Waals surface area contributed by atoms with Gasteiger partial charge in [0.05, 0.1) is 0 Å². The highest BCUT2D eigenvalue weighted by Crippen LogP contribution is 2.27. The molecule has 4 heteroatoms. The van der Waals surface area contributed by atoms with Crippen LogP contribution in [-0.2, 0) is 12.8 Å². The molecule has 0 radical (unpaired) electrons. The highest BCUT2D eigenvalue weighted by molar-refractivity contribution is 5.94. The van der Waals surface area contributed by atoms with Crippen molar-refractivity contribution >= 4 is 16.4 Å². The van der Waals surface area contributed by atoms with Gasteiger partial charge in [-0.25, -0.2) is 14.3 Å². The molecule has 2 heterocycles. The summed E-state index contributed by atoms with van der Waals surface area (Å²) in [5, 5.41) is 8.86. The van der Waals surface area contributed by atoms with Gasteiger partial charge in [-0.05, 0) is 54.3 Å². The largest absolute Gasteiger partial charge is 0.347 e. The van der Waals surface area contributed by atoms with Crippen molar-refractivity contribution < 1.29 is 0 Å². The first-order chi connectivity index (χ1) is 8.83. The minimum absolute atomic E-state index is 0.176. The molecule has 90 valence electrons. The number of pyridine rings is 1. The minimum Gasteiger partial charge on any atom is -0.250 e. The molecular formula is C14H13N3O. The molecule has 2 aromatic heterocycles. The lowest BCUT2D eigenvalue weighted by atomic mass is 9.90. The lowest BCUT2D eigenvalue weighted by molar-refractivity contribution is 0.687. The Hall–Kier alpha value is -2.10. The van der Waals surface area contributed by atoms with E-state index in [2.05, 4.69) is 22.3 Å². The van der Waals surface area contributed by atoms with Gasteiger partial charge in [0, 0.05) is 11.6 Å². The Labute approximate surface area is 103 Å². The third-order valence-electron chi connectivity index (χ3n) is 3.86. The lowest BCUT2D eigenvalue weighted by Crippen LogP contribution is -2.08. The summed E-state index contributed by atoms with van der Waals surface area (Å²) in [5.41, 5.74) is 3.42. The molecule has 4 nitrogen and oxygen atoms in total. The van der Waals surface area contributed by atoms with Crippen LogP contribution in [0.5, 0.6) is 0 Å². The lowest BCUT2D eigenvalue weighted by Gasteiger charge is -2.16. The summed E-state index contributed by atoms with van der Waals surface area (Å²) in [4.78, 5) is 11.6. The third-order valence-corrected chi connectivity index (χ3v) is 3.86. The van der Waals surface area contributed by atoms with Crippen molar-refractivity contribution in [3.8, 4) is 0 Å². The zero-order chi connectivity index (χ0) is 12.1. The van der Waals surface area contributed by atoms with Gasteiger partial charge in [0.2, 0.25) is 0 Å². The van der Waals surface area contributed by atoms with Gasteiger partial charge in [-0.1, -0.05) is 6.07 Å². The minimum atomic E-state index is -0.176. The molecule has 0 unspecified atom stereocenters. The molecule has 0 spiro atoms. The first-order valence-corrected chi connectivity index (χ1v) is 6.34. The van der Waals surface area contributed by atoms with E-state index in [1.807, 2.05) is 6.07 Å². The predicted molar refractivity (Wildman–Crippen MR) is 70.0 cm³/mol. The number of hydrogen-bond donors (Lipinski definition) is 1. The van der Waals surface area contributed by atoms with Crippen LogP contribution in [0.15, 0.2) is 29.2 Å². The number of nitrogens with one attached hydrogen (secondary N) is 1. The summed E-state index contributed by atoms with van der Waals surface area (Å²) in [6.07, 6.45) is 6.64. The molecule has 1 aliphatic rings. The second-order valence-electron chi connectivity index (χ2n) is 4.95. The molecule has 18 heavy (non-hydrogen) atoms. The molecule has 1 aromatic carbocycles. The van der Waals surface area contributed by atoms with Gasteiger partial charge in [0.1, 0.15) is 0 Å². The summed E-state index contributed by atoms with van der Waals surface area (Å²) in [6.45, 7) is 0. The molecule has 1 N–H and O–H groups in total. The van der Waals surface area contributed by atoms with Crippen molar-refractivity contribution in [2.24, 2.45) is 0 Å². The molecule has 0 fully saturated rings. The zero-order valence-corrected chi connectivity index (χ0v) is 9.94. The van der Waals surface area contributed by atoms with Crippen molar-refractivity contribution in [1.82, 2.24) is 14.6 Å². The van der Waals surface area contributed by atoms with E-state index in [0.717, 1.165) is 17.5 Å². The highest BCUT2D eigenvalue weighted by Gasteiger charge is 2.12. The van der Waals surface area contributed by atoms with E-state index in [1.165, 1.54) is 35.8 Å². The van der Waals surface area contributed by atoms with Gasteiger partial charge >= 0.3 is 5.69 Å². The number of fused-ring (bicyclic) bond motifs is 4. The molecule has 4 rings (SSSR count). The van der Waals surface area contributed by atoms with Gasteiger partial charge in [0.25, 0.3) is 0 Å². The van der Waals surface area contributed by atoms with Crippen LogP contribution in [0.25, 0.3) is 16.4 Å². The van der Waals surface area contributed by atoms with Crippen LogP contribution in [0.1, 0.15) is 24.0 Å². The maximum Gasteiger partial charge on any atom is 0.347 e. The molecule has 1 aliphatic carbocycles. The van der Waals surface area contributed by atoms with E-state index >= 15 is 0 Å². The second kappa shape index (κ2) is 3.45. The maximum absolute atomic E-state index is 11.6. The van der Waals surface area contributed by atoms with Gasteiger partial charge in [-0.15, -0.1) is 0 Å². The Morgan fingerprint density at radius 2 is 1.94 bits per heavy atom. The average molecular weight is 239 g/mol. The van der Waals surface area contributed by atoms with Gasteiger partial charge < -0.3 is 0 Å². The normalized spacial score (nSPS) is 15.1. The van der Waals surface area contributed by atoms with E-state index in [9.17, 15) is 4.79 Å². The Kier molecular flexibility index (Phi) is 1.89. The number of aromatic nitrogens is 3. The topological polar surface area (TPSA) is 50.2 Å². The van der Waals surface area contributed by atoms with Crippen molar-refractivity contribution in [2.45, 2.75) is 25.7 Å². The van der Waals surface area contributed by atoms with E-state index in [0.29, 0.717) is 0 Å². The molecule has 0 amide bonds. The van der Waals surface area contributed by atoms with Crippen LogP contribution in [0.4, 0.5) is 0 Å². The molecule has 0 saturated heterocycles. The Morgan fingerprint density at radius 3 is 2.78 bits per heavy atom. The van der Waals surface area contributed by atoms with Crippen molar-refractivity contribution in [1.29, 1.82) is 0 Å². The number of rotatable bonds is 0. The number of hydrogen-bond acceptors (Lipinski definition) is 2. The van der Waals surface area contributed by atoms with Crippen LogP contribution in [0.2, 0.25) is 0 Å². The number of H-pyrrole nitrogens is 1. The summed E-state index contributed by atoms with van der Waals surface area (Å²) in [6, 6.07) is 6.45. The first kappa shape index (κ1) is 9.88. The summed E-state index contributed by atoms with van der Waals surface area (Å²) in [5.74, 6) is 0. The number of benzene rings is 1. The summed E-state index contributed by atoms with van der Waals surface area (Å²) in [7, 11) is 0. The van der Waals surface area contributed by atoms with Crippen LogP contribution in [0, 0.1) is 0 Å². The maximum atomic E-state index is 11.6. The van der Waals surface area contributed by atoms with Crippen LogP contribution in [0.3, 0.4) is 0 Å². The van der Waals surface area contributed by atoms with Gasteiger partial charge in [-0.2, -0.15) is 5.10 Å². The quantitative estimate of drug-likeness (QED) is 0.652. The van der Waals surface area contributed by atoms with Crippen LogP contribution < -0.4 is 5.69 Å². The molecule has 0 saturated carbocycles. The molecule has 0 aliphatic heterocycles. The monoisotopic (exact) mass is 239 g/mol. The van der Waals surface area contributed by atoms with E-state index < -0.39 is 0 Å². The van der Waals surface area contributed by atoms with Gasteiger partial charge in [-0.3, -0.25) is 0 Å². The molecule has 0 atom stereocenters. The fraction of sp³-hybridized carbons (Fsp3) is 0.286. The zero-order valence-electron chi connectivity index (χ0n) is 9.94. The molecular weight excluding hydrogens is 226 g/mol. The van der Waals surface area contributed by atoms with Crippen molar-refractivity contribution in [2.75, 3.05) is 0 Å². The number of aryl methyl sites for hydroxylation is 2. The Balaban J connectivity index is 2.15. The fourth-order valence-corrected chi connectivity index (χ4v) is 2.92. The number of aromatic amines is 1. The smallest absolute Gasteiger partial charge is 0.250 e. The standard InChI is InChI=1S/C14H13N3O/c18-14-16-15-13-12-8-10-4-2-1-3-9(10)7-11(12)5-6-17(13)14/h5-8H,1-4H2,(H,16,18). The first-order valence-electron chi connectivity index (χ1n) is 6.34. The van der Waals surface area contributed by atoms with E-state index in [1.54, 1.807) is 10.6 Å². The van der Waals surface area contributed by atoms with Crippen molar-refractivity contribution in [3.63, 3.8) is 0 Å². The summed E-state index contributed by atoms with van der Waals surface area (Å²) < 4.78 is 1.57. The average Bonchev–Trinajstić information content (AvgIpc) is 2.78. The molecule has 0 bridgehead atoms. The predicted octanol–water partition coefficient (Wildman–Crippen LogP) is 2.05. The van der Waals surface area contributed by atoms with Gasteiger partial charge in [0.15, 0.2) is 5.65 Å². The van der Waals surface area contributed by atoms with Crippen molar-refractivity contribution in [3.05, 3.63) is 46.0 Å². The molecule has 3 aromatic rings. The Morgan fingerprint density at radius 1 is 1.17 bits per heavy atom. The third kappa shape index (κ3) is 1.26. The van der Waals surface area contributed by atoms with Crippen LogP contribution >= 0.6 is 0 Å². The van der Waals surface area contributed by atoms with E-state index in [-0.39, 0.29) is 5.69 Å². The number of nitrogens with zero attached hydrogens (tertiary/aromatic N) is 2. The second-order valence-corrected chi connectivity index (χ2v) is 4.95. The SMILES string of the molecule is O=c1[nH]nc2c3cc4c(cc3ccn12)CCCC4. The fourth-order valence-electron chi connectivity index (χ4n) is 2.92. The summed E-state index contributed by atoms with van der Waals surface area (Å²) >= 11 is 0. The highest BCUT2D eigenvalue weighted by atomic mass is 16.1. The van der Waals surface area contributed by atoms with E-state index in [4.69, 9.17) is 0 Å². The van der Waals surface area contributed by atoms with Crippen LogP contribution in [-0.4, -0.2) is 14.6 Å².